The van der Waals surface area contributed by atoms with E-state index in [0.717, 1.165) is 55.0 Å². The highest BCUT2D eigenvalue weighted by Gasteiger charge is 2.38. The molecule has 0 radical (unpaired) electrons. The van der Waals surface area contributed by atoms with Gasteiger partial charge in [0.05, 0.1) is 11.0 Å². The average molecular weight is 793 g/mol. The minimum absolute atomic E-state index is 0.207. The highest BCUT2D eigenvalue weighted by Crippen LogP contribution is 2.53. The van der Waals surface area contributed by atoms with Gasteiger partial charge in [-0.1, -0.05) is 208 Å². The van der Waals surface area contributed by atoms with Gasteiger partial charge in [-0.2, -0.15) is 9.97 Å². The van der Waals surface area contributed by atoms with Crippen molar-refractivity contribution in [3.8, 4) is 73.2 Å². The predicted molar refractivity (Wildman–Crippen MR) is 256 cm³/mol. The lowest BCUT2D eigenvalue weighted by molar-refractivity contribution is 0.662. The molecule has 4 heteroatoms. The van der Waals surface area contributed by atoms with E-state index in [1.165, 1.54) is 44.3 Å². The molecular formula is C58H40N4. The van der Waals surface area contributed by atoms with E-state index in [4.69, 9.17) is 15.0 Å². The van der Waals surface area contributed by atoms with Gasteiger partial charge in [0.1, 0.15) is 0 Å². The van der Waals surface area contributed by atoms with Crippen LogP contribution in [-0.2, 0) is 5.41 Å². The second kappa shape index (κ2) is 14.1. The number of para-hydroxylation sites is 1. The van der Waals surface area contributed by atoms with E-state index in [9.17, 15) is 0 Å². The van der Waals surface area contributed by atoms with Crippen molar-refractivity contribution in [2.75, 3.05) is 0 Å². The first-order valence-corrected chi connectivity index (χ1v) is 21.3. The van der Waals surface area contributed by atoms with E-state index in [1.807, 2.05) is 12.1 Å². The Bertz CT molecular complexity index is 3410. The number of benzene rings is 9. The van der Waals surface area contributed by atoms with Gasteiger partial charge < -0.3 is 0 Å². The minimum atomic E-state index is -0.207. The molecule has 1 aliphatic rings. The molecule has 0 spiro atoms. The quantitative estimate of drug-likeness (QED) is 0.168. The normalized spacial score (nSPS) is 12.8. The Morgan fingerprint density at radius 2 is 0.839 bits per heavy atom. The lowest BCUT2D eigenvalue weighted by atomic mass is 9.78. The molecule has 1 aliphatic carbocycles. The van der Waals surface area contributed by atoms with Crippen molar-refractivity contribution in [3.05, 3.63) is 217 Å². The van der Waals surface area contributed by atoms with Crippen LogP contribution in [0.3, 0.4) is 0 Å². The smallest absolute Gasteiger partial charge is 0.238 e. The van der Waals surface area contributed by atoms with Crippen LogP contribution in [0.15, 0.2) is 206 Å². The first-order chi connectivity index (χ1) is 30.5. The van der Waals surface area contributed by atoms with Crippen LogP contribution < -0.4 is 0 Å². The summed E-state index contributed by atoms with van der Waals surface area (Å²) in [6.45, 7) is 4.72. The van der Waals surface area contributed by atoms with E-state index in [-0.39, 0.29) is 5.41 Å². The van der Waals surface area contributed by atoms with Crippen molar-refractivity contribution in [2.24, 2.45) is 0 Å². The fourth-order valence-electron chi connectivity index (χ4n) is 9.86. The van der Waals surface area contributed by atoms with Crippen molar-refractivity contribution in [3.63, 3.8) is 0 Å². The molecule has 292 valence electrons. The summed E-state index contributed by atoms with van der Waals surface area (Å²) in [6, 6.07) is 73.7. The SMILES string of the molecule is CC1(C)c2ccccc2-c2cccc(-c3cccc4c5cc6ccccc6cc5n(-c5nc(-c6ccc(-c7ccccc7)cc6)nc(-c6ccc(-c7ccccc7)cc6)n5)c34)c21. The molecule has 0 fully saturated rings. The van der Waals surface area contributed by atoms with Gasteiger partial charge in [-0.25, -0.2) is 4.98 Å². The van der Waals surface area contributed by atoms with Crippen molar-refractivity contribution in [1.29, 1.82) is 0 Å². The molecule has 62 heavy (non-hydrogen) atoms. The van der Waals surface area contributed by atoms with E-state index < -0.39 is 0 Å². The molecule has 0 amide bonds. The molecule has 0 bridgehead atoms. The Labute approximate surface area is 360 Å². The summed E-state index contributed by atoms with van der Waals surface area (Å²) in [7, 11) is 0. The van der Waals surface area contributed by atoms with Crippen LogP contribution in [0.5, 0.6) is 0 Å². The highest BCUT2D eigenvalue weighted by molar-refractivity contribution is 6.17. The van der Waals surface area contributed by atoms with Gasteiger partial charge in [0, 0.05) is 32.9 Å². The number of aromatic nitrogens is 4. The molecule has 9 aromatic carbocycles. The Kier molecular flexibility index (Phi) is 8.16. The zero-order valence-corrected chi connectivity index (χ0v) is 34.4. The molecule has 4 nitrogen and oxygen atoms in total. The molecule has 2 heterocycles. The Morgan fingerprint density at radius 3 is 1.47 bits per heavy atom. The second-order valence-electron chi connectivity index (χ2n) is 16.8. The Morgan fingerprint density at radius 1 is 0.371 bits per heavy atom. The average Bonchev–Trinajstić information content (AvgIpc) is 3.79. The van der Waals surface area contributed by atoms with Gasteiger partial charge in [0.2, 0.25) is 5.95 Å². The van der Waals surface area contributed by atoms with Gasteiger partial charge in [-0.05, 0) is 73.0 Å². The van der Waals surface area contributed by atoms with Gasteiger partial charge in [-0.15, -0.1) is 0 Å². The van der Waals surface area contributed by atoms with E-state index in [0.29, 0.717) is 17.6 Å². The summed E-state index contributed by atoms with van der Waals surface area (Å²) in [6.07, 6.45) is 0. The summed E-state index contributed by atoms with van der Waals surface area (Å²) in [5.41, 5.74) is 16.0. The summed E-state index contributed by atoms with van der Waals surface area (Å²) in [4.78, 5) is 16.1. The zero-order valence-electron chi connectivity index (χ0n) is 34.4. The number of fused-ring (bicyclic) bond motifs is 7. The molecule has 0 aliphatic heterocycles. The van der Waals surface area contributed by atoms with Crippen molar-refractivity contribution >= 4 is 32.6 Å². The summed E-state index contributed by atoms with van der Waals surface area (Å²) in [5, 5.41) is 4.65. The third kappa shape index (κ3) is 5.72. The Hall–Kier alpha value is -7.95. The van der Waals surface area contributed by atoms with Crippen molar-refractivity contribution in [2.45, 2.75) is 19.3 Å². The number of hydrogen-bond acceptors (Lipinski definition) is 3. The van der Waals surface area contributed by atoms with Crippen LogP contribution in [0, 0.1) is 0 Å². The van der Waals surface area contributed by atoms with E-state index in [2.05, 4.69) is 213 Å². The predicted octanol–water partition coefficient (Wildman–Crippen LogP) is 14.8. The number of rotatable bonds is 6. The Balaban J connectivity index is 1.14. The molecule has 2 aromatic heterocycles. The molecule has 11 aromatic rings. The minimum Gasteiger partial charge on any atom is -0.277 e. The molecule has 12 rings (SSSR count). The second-order valence-corrected chi connectivity index (χ2v) is 16.8. The monoisotopic (exact) mass is 792 g/mol. The van der Waals surface area contributed by atoms with Crippen LogP contribution in [0.2, 0.25) is 0 Å². The van der Waals surface area contributed by atoms with Crippen LogP contribution in [0.1, 0.15) is 25.0 Å². The lowest BCUT2D eigenvalue weighted by Crippen LogP contribution is -2.16. The third-order valence-corrected chi connectivity index (χ3v) is 12.8. The number of hydrogen-bond donors (Lipinski definition) is 0. The number of nitrogens with zero attached hydrogens (tertiary/aromatic N) is 4. The first-order valence-electron chi connectivity index (χ1n) is 21.3. The highest BCUT2D eigenvalue weighted by atomic mass is 15.2. The van der Waals surface area contributed by atoms with Crippen molar-refractivity contribution < 1.29 is 0 Å². The summed E-state index contributed by atoms with van der Waals surface area (Å²) >= 11 is 0. The largest absolute Gasteiger partial charge is 0.277 e. The third-order valence-electron chi connectivity index (χ3n) is 12.8. The van der Waals surface area contributed by atoms with Crippen molar-refractivity contribution in [1.82, 2.24) is 19.5 Å². The maximum atomic E-state index is 5.43. The topological polar surface area (TPSA) is 43.6 Å². The van der Waals surface area contributed by atoms with Crippen LogP contribution in [0.25, 0.3) is 106 Å². The van der Waals surface area contributed by atoms with Crippen LogP contribution >= 0.6 is 0 Å². The zero-order chi connectivity index (χ0) is 41.4. The van der Waals surface area contributed by atoms with Gasteiger partial charge in [-0.3, -0.25) is 4.57 Å². The standard InChI is InChI=1S/C58H40N4/c1-58(2)51-26-12-11-21-45(51)46-22-13-23-47(53(46)58)48-24-14-25-49-50-35-43-19-9-10-20-44(43)36-52(50)62(54(48)49)57-60-55(41-31-27-39(28-32-41)37-15-5-3-6-16-37)59-56(61-57)42-33-29-40(30-34-42)38-17-7-4-8-18-38/h3-36H,1-2H3. The molecule has 0 saturated heterocycles. The molecule has 0 saturated carbocycles. The molecule has 0 atom stereocenters. The summed E-state index contributed by atoms with van der Waals surface area (Å²) in [5.74, 6) is 1.80. The van der Waals surface area contributed by atoms with Gasteiger partial charge in [0.15, 0.2) is 11.6 Å². The fourth-order valence-corrected chi connectivity index (χ4v) is 9.86. The van der Waals surface area contributed by atoms with Gasteiger partial charge in [0.25, 0.3) is 0 Å². The lowest BCUT2D eigenvalue weighted by Gasteiger charge is -2.25. The van der Waals surface area contributed by atoms with Crippen LogP contribution in [0.4, 0.5) is 0 Å². The maximum Gasteiger partial charge on any atom is 0.238 e. The molecule has 0 N–H and O–H groups in total. The first kappa shape index (κ1) is 35.9. The maximum absolute atomic E-state index is 5.43. The molecular weight excluding hydrogens is 753 g/mol. The van der Waals surface area contributed by atoms with Gasteiger partial charge >= 0.3 is 0 Å². The van der Waals surface area contributed by atoms with Crippen LogP contribution in [-0.4, -0.2) is 19.5 Å². The fraction of sp³-hybridized carbons (Fsp3) is 0.0517. The summed E-state index contributed by atoms with van der Waals surface area (Å²) < 4.78 is 2.30. The van der Waals surface area contributed by atoms with E-state index >= 15 is 0 Å². The van der Waals surface area contributed by atoms with E-state index in [1.54, 1.807) is 0 Å². The molecule has 0 unspecified atom stereocenters.